The molecule has 1 fully saturated rings. The van der Waals surface area contributed by atoms with Gasteiger partial charge in [0.2, 0.25) is 5.91 Å². The molecule has 0 aliphatic heterocycles. The molecule has 1 aromatic rings. The molecule has 0 spiro atoms. The van der Waals surface area contributed by atoms with Gasteiger partial charge in [-0.3, -0.25) is 4.79 Å². The Hall–Kier alpha value is -1.39. The van der Waals surface area contributed by atoms with Gasteiger partial charge in [0, 0.05) is 19.7 Å². The molecule has 0 heterocycles. The van der Waals surface area contributed by atoms with Gasteiger partial charge < -0.3 is 15.8 Å². The first kappa shape index (κ1) is 14.0. The number of hydrogen-bond acceptors (Lipinski definition) is 3. The summed E-state index contributed by atoms with van der Waals surface area (Å²) in [5.74, 6) is 0.0619. The third kappa shape index (κ3) is 3.55. The Balaban J connectivity index is 1.93. The van der Waals surface area contributed by atoms with Gasteiger partial charge in [-0.15, -0.1) is 0 Å². The number of methoxy groups -OCH3 is 1. The fourth-order valence-electron chi connectivity index (χ4n) is 2.65. The third-order valence-corrected chi connectivity index (χ3v) is 3.78. The minimum Gasteiger partial charge on any atom is -0.380 e. The van der Waals surface area contributed by atoms with E-state index in [1.165, 1.54) is 0 Å². The molecule has 104 valence electrons. The van der Waals surface area contributed by atoms with Gasteiger partial charge in [0.05, 0.1) is 12.5 Å². The van der Waals surface area contributed by atoms with Crippen molar-refractivity contribution in [2.24, 2.45) is 11.7 Å². The lowest BCUT2D eigenvalue weighted by Gasteiger charge is -2.16. The number of amides is 1. The number of ether oxygens (including phenoxy) is 1. The molecule has 2 rings (SSSR count). The van der Waals surface area contributed by atoms with Gasteiger partial charge in [0.1, 0.15) is 0 Å². The Kier molecular flexibility index (Phi) is 4.93. The summed E-state index contributed by atoms with van der Waals surface area (Å²) in [5, 5.41) is 3.00. The van der Waals surface area contributed by atoms with Crippen LogP contribution in [0.1, 0.15) is 30.4 Å². The molecule has 0 saturated heterocycles. The van der Waals surface area contributed by atoms with Crippen molar-refractivity contribution in [3.63, 3.8) is 0 Å². The van der Waals surface area contributed by atoms with Crippen LogP contribution in [0.5, 0.6) is 0 Å². The van der Waals surface area contributed by atoms with Crippen LogP contribution in [0.4, 0.5) is 0 Å². The van der Waals surface area contributed by atoms with Gasteiger partial charge >= 0.3 is 0 Å². The van der Waals surface area contributed by atoms with E-state index < -0.39 is 0 Å². The van der Waals surface area contributed by atoms with E-state index in [1.54, 1.807) is 7.11 Å². The lowest BCUT2D eigenvalue weighted by Crippen LogP contribution is -2.38. The quantitative estimate of drug-likeness (QED) is 0.846. The lowest BCUT2D eigenvalue weighted by atomic mass is 10.0. The van der Waals surface area contributed by atoms with Crippen molar-refractivity contribution >= 4 is 5.91 Å². The first-order valence-electron chi connectivity index (χ1n) is 6.81. The van der Waals surface area contributed by atoms with E-state index in [2.05, 4.69) is 5.32 Å². The molecule has 0 aromatic heterocycles. The fourth-order valence-corrected chi connectivity index (χ4v) is 2.65. The average molecular weight is 262 g/mol. The highest BCUT2D eigenvalue weighted by atomic mass is 16.5. The van der Waals surface area contributed by atoms with Crippen molar-refractivity contribution < 1.29 is 9.53 Å². The van der Waals surface area contributed by atoms with Crippen molar-refractivity contribution in [1.82, 2.24) is 5.32 Å². The summed E-state index contributed by atoms with van der Waals surface area (Å²) >= 11 is 0. The van der Waals surface area contributed by atoms with Gasteiger partial charge in [-0.05, 0) is 24.0 Å². The summed E-state index contributed by atoms with van der Waals surface area (Å²) in [4.78, 5) is 12.1. The maximum absolute atomic E-state index is 12.1. The largest absolute Gasteiger partial charge is 0.380 e. The third-order valence-electron chi connectivity index (χ3n) is 3.78. The van der Waals surface area contributed by atoms with Crippen molar-refractivity contribution in [2.45, 2.75) is 38.5 Å². The van der Waals surface area contributed by atoms with Crippen LogP contribution < -0.4 is 11.1 Å². The summed E-state index contributed by atoms with van der Waals surface area (Å²) in [5.41, 5.74) is 8.16. The van der Waals surface area contributed by atoms with E-state index in [9.17, 15) is 4.79 Å². The average Bonchev–Trinajstić information content (AvgIpc) is 2.84. The van der Waals surface area contributed by atoms with Gasteiger partial charge in [-0.2, -0.15) is 0 Å². The molecule has 19 heavy (non-hydrogen) atoms. The minimum atomic E-state index is -0.0189. The zero-order valence-corrected chi connectivity index (χ0v) is 11.4. The number of hydrogen-bond donors (Lipinski definition) is 2. The molecule has 4 nitrogen and oxygen atoms in total. The fraction of sp³-hybridized carbons (Fsp3) is 0.533. The molecule has 1 amide bonds. The van der Waals surface area contributed by atoms with Crippen molar-refractivity contribution in [1.29, 1.82) is 0 Å². The predicted octanol–water partition coefficient (Wildman–Crippen LogP) is 1.58. The zero-order chi connectivity index (χ0) is 13.7. The molecule has 1 aliphatic rings. The van der Waals surface area contributed by atoms with Crippen LogP contribution >= 0.6 is 0 Å². The van der Waals surface area contributed by atoms with Gasteiger partial charge in [0.15, 0.2) is 0 Å². The highest BCUT2D eigenvalue weighted by Gasteiger charge is 2.29. The van der Waals surface area contributed by atoms with Gasteiger partial charge in [0.25, 0.3) is 0 Å². The molecule has 1 aliphatic carbocycles. The van der Waals surface area contributed by atoms with Gasteiger partial charge in [-0.25, -0.2) is 0 Å². The maximum Gasteiger partial charge on any atom is 0.224 e. The van der Waals surface area contributed by atoms with Crippen molar-refractivity contribution in [3.05, 3.63) is 35.4 Å². The molecule has 0 radical (unpaired) electrons. The number of carbonyl (C=O) groups excluding carboxylic acids is 1. The van der Waals surface area contributed by atoms with Crippen molar-refractivity contribution in [2.75, 3.05) is 7.11 Å². The van der Waals surface area contributed by atoms with Crippen LogP contribution in [0.3, 0.4) is 0 Å². The highest BCUT2D eigenvalue weighted by Crippen LogP contribution is 2.24. The Morgan fingerprint density at radius 1 is 1.37 bits per heavy atom. The van der Waals surface area contributed by atoms with E-state index in [0.29, 0.717) is 13.2 Å². The van der Waals surface area contributed by atoms with Crippen LogP contribution in [-0.2, 0) is 22.7 Å². The molecular weight excluding hydrogens is 240 g/mol. The normalized spacial score (nSPS) is 22.4. The standard InChI is InChI=1S/C15H22N2O2/c1-19-10-12-6-3-2-5-11(12)9-17-15(18)13-7-4-8-14(13)16/h2-3,5-6,13-14H,4,7-10,16H2,1H3,(H,17,18). The first-order valence-corrected chi connectivity index (χ1v) is 6.81. The van der Waals surface area contributed by atoms with E-state index in [4.69, 9.17) is 10.5 Å². The molecule has 1 saturated carbocycles. The molecule has 3 N–H and O–H groups in total. The number of rotatable bonds is 5. The Bertz CT molecular complexity index is 434. The monoisotopic (exact) mass is 262 g/mol. The maximum atomic E-state index is 12.1. The van der Waals surface area contributed by atoms with Crippen LogP contribution in [-0.4, -0.2) is 19.1 Å². The minimum absolute atomic E-state index is 0.0189. The topological polar surface area (TPSA) is 64.3 Å². The first-order chi connectivity index (χ1) is 9.22. The van der Waals surface area contributed by atoms with E-state index in [1.807, 2.05) is 24.3 Å². The molecular formula is C15H22N2O2. The second-order valence-corrected chi connectivity index (χ2v) is 5.12. The van der Waals surface area contributed by atoms with Crippen LogP contribution in [0.25, 0.3) is 0 Å². The summed E-state index contributed by atoms with van der Waals surface area (Å²) in [7, 11) is 1.67. The number of nitrogens with two attached hydrogens (primary N) is 1. The number of nitrogens with one attached hydrogen (secondary N) is 1. The lowest BCUT2D eigenvalue weighted by molar-refractivity contribution is -0.125. The molecule has 2 atom stereocenters. The summed E-state index contributed by atoms with van der Waals surface area (Å²) < 4.78 is 5.16. The van der Waals surface area contributed by atoms with Crippen LogP contribution in [0, 0.1) is 5.92 Å². The van der Waals surface area contributed by atoms with E-state index >= 15 is 0 Å². The molecule has 4 heteroatoms. The molecule has 1 aromatic carbocycles. The summed E-state index contributed by atoms with van der Waals surface area (Å²) in [6.45, 7) is 1.11. The number of benzene rings is 1. The molecule has 2 unspecified atom stereocenters. The Morgan fingerprint density at radius 2 is 2.11 bits per heavy atom. The summed E-state index contributed by atoms with van der Waals surface area (Å²) in [6, 6.07) is 8.01. The second-order valence-electron chi connectivity index (χ2n) is 5.12. The summed E-state index contributed by atoms with van der Waals surface area (Å²) in [6.07, 6.45) is 2.92. The smallest absolute Gasteiger partial charge is 0.224 e. The predicted molar refractivity (Wildman–Crippen MR) is 74.3 cm³/mol. The van der Waals surface area contributed by atoms with Crippen molar-refractivity contribution in [3.8, 4) is 0 Å². The van der Waals surface area contributed by atoms with Crippen LogP contribution in [0.2, 0.25) is 0 Å². The second kappa shape index (κ2) is 6.68. The zero-order valence-electron chi connectivity index (χ0n) is 11.4. The van der Waals surface area contributed by atoms with Gasteiger partial charge in [-0.1, -0.05) is 30.7 Å². The Morgan fingerprint density at radius 3 is 2.74 bits per heavy atom. The van der Waals surface area contributed by atoms with E-state index in [-0.39, 0.29) is 17.9 Å². The van der Waals surface area contributed by atoms with Crippen LogP contribution in [0.15, 0.2) is 24.3 Å². The SMILES string of the molecule is COCc1ccccc1CNC(=O)C1CCCC1N. The number of carbonyl (C=O) groups is 1. The van der Waals surface area contributed by atoms with E-state index in [0.717, 1.165) is 30.4 Å². The highest BCUT2D eigenvalue weighted by molar-refractivity contribution is 5.79. The molecule has 0 bridgehead atoms. The Labute approximate surface area is 114 Å².